The van der Waals surface area contributed by atoms with E-state index in [-0.39, 0.29) is 0 Å². The first-order valence-corrected chi connectivity index (χ1v) is 18.8. The molecule has 0 N–H and O–H groups in total. The molecule has 0 bridgehead atoms. The second kappa shape index (κ2) is 15.2. The molecule has 1 atom stereocenters. The van der Waals surface area contributed by atoms with E-state index in [9.17, 15) is 0 Å². The van der Waals surface area contributed by atoms with Crippen molar-refractivity contribution < 1.29 is 0 Å². The van der Waals surface area contributed by atoms with Gasteiger partial charge in [0.15, 0.2) is 0 Å². The molecule has 0 saturated carbocycles. The summed E-state index contributed by atoms with van der Waals surface area (Å²) in [5.74, 6) is 0.518. The van der Waals surface area contributed by atoms with E-state index >= 15 is 0 Å². The van der Waals surface area contributed by atoms with Crippen LogP contribution in [0.4, 0.5) is 17.1 Å². The van der Waals surface area contributed by atoms with Gasteiger partial charge in [0.05, 0.1) is 5.69 Å². The minimum atomic E-state index is 0.518. The third kappa shape index (κ3) is 7.16. The van der Waals surface area contributed by atoms with Gasteiger partial charge in [-0.1, -0.05) is 164 Å². The Kier molecular flexibility index (Phi) is 9.73. The third-order valence-electron chi connectivity index (χ3n) is 10.7. The standard InChI is InChI=1S/C45H37N.C7H8/c1-31-12-6-8-18-40(31)43-29-36(23-22-32(43)2)35-16-10-17-39(28-35)46(38-26-24-34(25-27-38)33-13-4-3-5-14-33)45-21-11-20-42-41-19-9-7-15-37(41)30-44(42)45;1-7-5-3-2-4-6-7/h3-11,13-29,31H,12,30H2,1-2H3;2-6H,1H3. The molecule has 53 heavy (non-hydrogen) atoms. The molecule has 0 spiro atoms. The number of hydrogen-bond donors (Lipinski definition) is 0. The quantitative estimate of drug-likeness (QED) is 0.169. The highest BCUT2D eigenvalue weighted by molar-refractivity contribution is 5.89. The summed E-state index contributed by atoms with van der Waals surface area (Å²) in [6, 6.07) is 61.6. The molecular formula is C52H45N. The van der Waals surface area contributed by atoms with Crippen molar-refractivity contribution in [1.82, 2.24) is 0 Å². The van der Waals surface area contributed by atoms with E-state index in [4.69, 9.17) is 0 Å². The zero-order valence-electron chi connectivity index (χ0n) is 30.8. The van der Waals surface area contributed by atoms with Gasteiger partial charge in [0.2, 0.25) is 0 Å². The minimum Gasteiger partial charge on any atom is -0.310 e. The van der Waals surface area contributed by atoms with Crippen LogP contribution in [0.3, 0.4) is 0 Å². The number of allylic oxidation sites excluding steroid dienone is 4. The third-order valence-corrected chi connectivity index (χ3v) is 10.7. The van der Waals surface area contributed by atoms with Crippen LogP contribution >= 0.6 is 0 Å². The molecule has 0 heterocycles. The zero-order valence-corrected chi connectivity index (χ0v) is 30.8. The van der Waals surface area contributed by atoms with E-state index in [2.05, 4.69) is 196 Å². The van der Waals surface area contributed by atoms with Crippen molar-refractivity contribution in [2.24, 2.45) is 5.92 Å². The molecule has 0 fully saturated rings. The molecule has 258 valence electrons. The van der Waals surface area contributed by atoms with Crippen molar-refractivity contribution in [3.63, 3.8) is 0 Å². The summed E-state index contributed by atoms with van der Waals surface area (Å²) in [5, 5.41) is 0. The first-order valence-electron chi connectivity index (χ1n) is 18.8. The predicted molar refractivity (Wildman–Crippen MR) is 227 cm³/mol. The molecule has 2 aliphatic rings. The topological polar surface area (TPSA) is 3.24 Å². The van der Waals surface area contributed by atoms with Gasteiger partial charge >= 0.3 is 0 Å². The van der Waals surface area contributed by atoms with Crippen LogP contribution in [-0.4, -0.2) is 0 Å². The van der Waals surface area contributed by atoms with Crippen molar-refractivity contribution in [3.8, 4) is 33.4 Å². The average molecular weight is 684 g/mol. The Bertz CT molecular complexity index is 2420. The first-order chi connectivity index (χ1) is 26.0. The summed E-state index contributed by atoms with van der Waals surface area (Å²) >= 11 is 0. The van der Waals surface area contributed by atoms with Gasteiger partial charge in [-0.25, -0.2) is 0 Å². The van der Waals surface area contributed by atoms with Gasteiger partial charge in [0.25, 0.3) is 0 Å². The van der Waals surface area contributed by atoms with Crippen molar-refractivity contribution in [3.05, 3.63) is 216 Å². The van der Waals surface area contributed by atoms with E-state index in [1.807, 2.05) is 18.2 Å². The summed E-state index contributed by atoms with van der Waals surface area (Å²) in [5.41, 5.74) is 19.3. The normalized spacial score (nSPS) is 14.0. The van der Waals surface area contributed by atoms with E-state index in [1.165, 1.54) is 72.5 Å². The van der Waals surface area contributed by atoms with Crippen LogP contribution in [0, 0.1) is 19.8 Å². The Labute approximate surface area is 315 Å². The second-order valence-electron chi connectivity index (χ2n) is 14.3. The van der Waals surface area contributed by atoms with E-state index in [0.717, 1.165) is 24.2 Å². The highest BCUT2D eigenvalue weighted by Gasteiger charge is 2.25. The summed E-state index contributed by atoms with van der Waals surface area (Å²) in [6.07, 6.45) is 8.80. The number of rotatable bonds is 6. The highest BCUT2D eigenvalue weighted by Crippen LogP contribution is 2.46. The Morgan fingerprint density at radius 2 is 1.15 bits per heavy atom. The van der Waals surface area contributed by atoms with E-state index < -0.39 is 0 Å². The second-order valence-corrected chi connectivity index (χ2v) is 14.3. The molecule has 1 unspecified atom stereocenters. The molecule has 9 rings (SSSR count). The molecular weight excluding hydrogens is 639 g/mol. The van der Waals surface area contributed by atoms with Crippen LogP contribution in [-0.2, 0) is 6.42 Å². The molecule has 0 saturated heterocycles. The average Bonchev–Trinajstić information content (AvgIpc) is 3.59. The molecule has 7 aromatic rings. The molecule has 7 aromatic carbocycles. The van der Waals surface area contributed by atoms with E-state index in [1.54, 1.807) is 0 Å². The van der Waals surface area contributed by atoms with Crippen LogP contribution in [0.5, 0.6) is 0 Å². The largest absolute Gasteiger partial charge is 0.310 e. The minimum absolute atomic E-state index is 0.518. The Morgan fingerprint density at radius 1 is 0.509 bits per heavy atom. The van der Waals surface area contributed by atoms with Crippen LogP contribution in [0.15, 0.2) is 188 Å². The first kappa shape index (κ1) is 33.9. The lowest BCUT2D eigenvalue weighted by atomic mass is 9.85. The number of aryl methyl sites for hydroxylation is 2. The van der Waals surface area contributed by atoms with Crippen LogP contribution < -0.4 is 4.90 Å². The molecule has 1 heteroatoms. The fraction of sp³-hybridized carbons (Fsp3) is 0.115. The van der Waals surface area contributed by atoms with Gasteiger partial charge in [0.1, 0.15) is 0 Å². The van der Waals surface area contributed by atoms with Crippen LogP contribution in [0.2, 0.25) is 0 Å². The monoisotopic (exact) mass is 683 g/mol. The fourth-order valence-corrected chi connectivity index (χ4v) is 7.78. The van der Waals surface area contributed by atoms with Crippen LogP contribution in [0.1, 0.15) is 41.2 Å². The molecule has 0 aromatic heterocycles. The predicted octanol–water partition coefficient (Wildman–Crippen LogP) is 14.3. The van der Waals surface area contributed by atoms with Crippen molar-refractivity contribution >= 4 is 22.6 Å². The summed E-state index contributed by atoms with van der Waals surface area (Å²) in [7, 11) is 0. The molecule has 1 nitrogen and oxygen atoms in total. The van der Waals surface area contributed by atoms with Crippen molar-refractivity contribution in [1.29, 1.82) is 0 Å². The Balaban J connectivity index is 0.000000515. The lowest BCUT2D eigenvalue weighted by Gasteiger charge is -2.28. The maximum atomic E-state index is 2.45. The maximum absolute atomic E-state index is 2.45. The maximum Gasteiger partial charge on any atom is 0.0503 e. The number of hydrogen-bond acceptors (Lipinski definition) is 1. The van der Waals surface area contributed by atoms with Crippen molar-refractivity contribution in [2.45, 2.75) is 33.6 Å². The molecule has 0 radical (unpaired) electrons. The molecule has 0 aliphatic heterocycles. The lowest BCUT2D eigenvalue weighted by molar-refractivity contribution is 0.758. The zero-order chi connectivity index (χ0) is 36.1. The fourth-order valence-electron chi connectivity index (χ4n) is 7.78. The van der Waals surface area contributed by atoms with Gasteiger partial charge < -0.3 is 4.90 Å². The number of nitrogens with zero attached hydrogens (tertiary/aromatic N) is 1. The van der Waals surface area contributed by atoms with Crippen molar-refractivity contribution in [2.75, 3.05) is 4.90 Å². The smallest absolute Gasteiger partial charge is 0.0503 e. The number of fused-ring (bicyclic) bond motifs is 3. The SMILES string of the molecule is Cc1ccc(-c2cccc(N(c3ccc(-c4ccccc4)cc3)c3cccc4c3Cc3ccccc3-4)c2)cc1C1=CC=CCC1C.Cc1ccccc1. The summed E-state index contributed by atoms with van der Waals surface area (Å²) in [6.45, 7) is 6.65. The van der Waals surface area contributed by atoms with Gasteiger partial charge in [-0.2, -0.15) is 0 Å². The summed E-state index contributed by atoms with van der Waals surface area (Å²) in [4.78, 5) is 2.45. The lowest BCUT2D eigenvalue weighted by Crippen LogP contribution is -2.12. The Hall–Kier alpha value is -6.18. The highest BCUT2D eigenvalue weighted by atomic mass is 15.1. The molecule has 2 aliphatic carbocycles. The van der Waals surface area contributed by atoms with Gasteiger partial charge in [-0.05, 0) is 124 Å². The number of benzene rings is 7. The van der Waals surface area contributed by atoms with E-state index in [0.29, 0.717) is 5.92 Å². The molecule has 0 amide bonds. The summed E-state index contributed by atoms with van der Waals surface area (Å²) < 4.78 is 0. The van der Waals surface area contributed by atoms with Gasteiger partial charge in [0, 0.05) is 17.8 Å². The van der Waals surface area contributed by atoms with Gasteiger partial charge in [-0.15, -0.1) is 0 Å². The van der Waals surface area contributed by atoms with Gasteiger partial charge in [-0.3, -0.25) is 0 Å². The van der Waals surface area contributed by atoms with Crippen LogP contribution in [0.25, 0.3) is 39.0 Å². The number of anilines is 3. The Morgan fingerprint density at radius 3 is 1.91 bits per heavy atom.